The van der Waals surface area contributed by atoms with Crippen molar-refractivity contribution >= 4 is 5.91 Å². The Morgan fingerprint density at radius 2 is 2.67 bits per heavy atom. The lowest BCUT2D eigenvalue weighted by molar-refractivity contribution is -0.118. The van der Waals surface area contributed by atoms with E-state index in [2.05, 4.69) is 32.3 Å². The van der Waals surface area contributed by atoms with E-state index >= 15 is 0 Å². The first-order valence-corrected chi connectivity index (χ1v) is 3.37. The standard InChI is InChI=1S/C7H8N4O/c1-6(12)8-4-2-3-7-9-5-10-11-7/h5H,4H2,1H3,(H,8,12)(H,9,10,11). The fourth-order valence-electron chi connectivity index (χ4n) is 0.562. The molecule has 0 aliphatic carbocycles. The number of aromatic nitrogens is 3. The Morgan fingerprint density at radius 1 is 1.83 bits per heavy atom. The number of carbonyl (C=O) groups is 1. The molecule has 1 amide bonds. The molecular weight excluding hydrogens is 156 g/mol. The van der Waals surface area contributed by atoms with E-state index < -0.39 is 0 Å². The molecule has 2 N–H and O–H groups in total. The summed E-state index contributed by atoms with van der Waals surface area (Å²) in [5.74, 6) is 5.79. The summed E-state index contributed by atoms with van der Waals surface area (Å²) in [5, 5.41) is 8.72. The van der Waals surface area contributed by atoms with E-state index in [1.807, 2.05) is 0 Å². The van der Waals surface area contributed by atoms with Gasteiger partial charge in [-0.15, -0.1) is 0 Å². The maximum absolute atomic E-state index is 10.4. The summed E-state index contributed by atoms with van der Waals surface area (Å²) in [7, 11) is 0. The number of aromatic amines is 1. The molecule has 5 nitrogen and oxygen atoms in total. The molecule has 5 heteroatoms. The molecule has 0 unspecified atom stereocenters. The van der Waals surface area contributed by atoms with Crippen molar-refractivity contribution in [3.8, 4) is 11.8 Å². The van der Waals surface area contributed by atoms with Crippen LogP contribution in [0.2, 0.25) is 0 Å². The molecule has 0 aliphatic heterocycles. The summed E-state index contributed by atoms with van der Waals surface area (Å²) in [5.41, 5.74) is 0. The minimum Gasteiger partial charge on any atom is -0.345 e. The van der Waals surface area contributed by atoms with Crippen molar-refractivity contribution in [2.24, 2.45) is 0 Å². The highest BCUT2D eigenvalue weighted by Crippen LogP contribution is 1.77. The van der Waals surface area contributed by atoms with Crippen LogP contribution in [0.5, 0.6) is 0 Å². The molecule has 0 saturated carbocycles. The van der Waals surface area contributed by atoms with Crippen LogP contribution < -0.4 is 5.32 Å². The highest BCUT2D eigenvalue weighted by molar-refractivity contribution is 5.73. The van der Waals surface area contributed by atoms with E-state index in [1.165, 1.54) is 13.3 Å². The van der Waals surface area contributed by atoms with Crippen molar-refractivity contribution in [1.82, 2.24) is 20.5 Å². The fraction of sp³-hybridized carbons (Fsp3) is 0.286. The number of nitrogens with zero attached hydrogens (tertiary/aromatic N) is 2. The van der Waals surface area contributed by atoms with Crippen molar-refractivity contribution < 1.29 is 4.79 Å². The Balaban J connectivity index is 2.35. The Hall–Kier alpha value is -1.83. The molecule has 62 valence electrons. The van der Waals surface area contributed by atoms with Gasteiger partial charge in [0.15, 0.2) is 0 Å². The van der Waals surface area contributed by atoms with Gasteiger partial charge in [-0.05, 0) is 5.92 Å². The summed E-state index contributed by atoms with van der Waals surface area (Å²) in [6.45, 7) is 1.77. The highest BCUT2D eigenvalue weighted by Gasteiger charge is 1.86. The molecule has 0 fully saturated rings. The molecule has 1 aromatic rings. The molecule has 1 rings (SSSR count). The fourth-order valence-corrected chi connectivity index (χ4v) is 0.562. The van der Waals surface area contributed by atoms with Crippen molar-refractivity contribution in [1.29, 1.82) is 0 Å². The van der Waals surface area contributed by atoms with Gasteiger partial charge >= 0.3 is 0 Å². The predicted molar refractivity (Wildman–Crippen MR) is 41.9 cm³/mol. The van der Waals surface area contributed by atoms with Crippen LogP contribution in [-0.4, -0.2) is 27.6 Å². The van der Waals surface area contributed by atoms with Crippen LogP contribution in [0.1, 0.15) is 12.7 Å². The van der Waals surface area contributed by atoms with Crippen LogP contribution in [0.25, 0.3) is 0 Å². The molecular formula is C7H8N4O. The van der Waals surface area contributed by atoms with Gasteiger partial charge in [-0.2, -0.15) is 5.10 Å². The number of H-pyrrole nitrogens is 1. The quantitative estimate of drug-likeness (QED) is 0.539. The molecule has 12 heavy (non-hydrogen) atoms. The van der Waals surface area contributed by atoms with E-state index in [4.69, 9.17) is 0 Å². The SMILES string of the molecule is CC(=O)NCC#Cc1ncn[nH]1. The molecule has 0 spiro atoms. The second-order valence-corrected chi connectivity index (χ2v) is 2.05. The smallest absolute Gasteiger partial charge is 0.217 e. The molecule has 0 atom stereocenters. The van der Waals surface area contributed by atoms with Gasteiger partial charge in [0.05, 0.1) is 6.54 Å². The van der Waals surface area contributed by atoms with Gasteiger partial charge in [-0.1, -0.05) is 5.92 Å². The topological polar surface area (TPSA) is 70.7 Å². The first-order chi connectivity index (χ1) is 5.79. The van der Waals surface area contributed by atoms with E-state index in [9.17, 15) is 4.79 Å². The maximum Gasteiger partial charge on any atom is 0.217 e. The number of carbonyl (C=O) groups excluding carboxylic acids is 1. The van der Waals surface area contributed by atoms with Gasteiger partial charge in [-0.3, -0.25) is 9.89 Å². The zero-order chi connectivity index (χ0) is 8.81. The van der Waals surface area contributed by atoms with Crippen molar-refractivity contribution in [3.05, 3.63) is 12.2 Å². The Kier molecular flexibility index (Phi) is 2.85. The van der Waals surface area contributed by atoms with Gasteiger partial charge in [0, 0.05) is 6.92 Å². The molecule has 0 bridgehead atoms. The first kappa shape index (κ1) is 8.27. The van der Waals surface area contributed by atoms with Crippen LogP contribution in [0.15, 0.2) is 6.33 Å². The summed E-state index contributed by atoms with van der Waals surface area (Å²) in [6.07, 6.45) is 1.38. The number of rotatable bonds is 1. The number of amides is 1. The third-order valence-electron chi connectivity index (χ3n) is 1.05. The third-order valence-corrected chi connectivity index (χ3v) is 1.05. The number of hydrogen-bond acceptors (Lipinski definition) is 3. The average molecular weight is 164 g/mol. The Bertz CT molecular complexity index is 306. The van der Waals surface area contributed by atoms with Gasteiger partial charge < -0.3 is 5.32 Å². The van der Waals surface area contributed by atoms with Crippen LogP contribution >= 0.6 is 0 Å². The van der Waals surface area contributed by atoms with E-state index in [1.54, 1.807) is 0 Å². The normalized spacial score (nSPS) is 8.42. The minimum absolute atomic E-state index is 0.0955. The van der Waals surface area contributed by atoms with E-state index in [0.717, 1.165) is 0 Å². The summed E-state index contributed by atoms with van der Waals surface area (Å²) >= 11 is 0. The van der Waals surface area contributed by atoms with Crippen LogP contribution in [0.4, 0.5) is 0 Å². The lowest BCUT2D eigenvalue weighted by Crippen LogP contribution is -2.19. The lowest BCUT2D eigenvalue weighted by Gasteiger charge is -1.89. The predicted octanol–water partition coefficient (Wildman–Crippen LogP) is -0.708. The monoisotopic (exact) mass is 164 g/mol. The first-order valence-electron chi connectivity index (χ1n) is 3.37. The molecule has 0 radical (unpaired) electrons. The highest BCUT2D eigenvalue weighted by atomic mass is 16.1. The Labute approximate surface area is 69.6 Å². The van der Waals surface area contributed by atoms with Gasteiger partial charge in [0.2, 0.25) is 11.7 Å². The summed E-state index contributed by atoms with van der Waals surface area (Å²) in [4.78, 5) is 14.2. The van der Waals surface area contributed by atoms with Crippen molar-refractivity contribution in [3.63, 3.8) is 0 Å². The molecule has 0 saturated heterocycles. The van der Waals surface area contributed by atoms with E-state index in [-0.39, 0.29) is 5.91 Å². The van der Waals surface area contributed by atoms with Gasteiger partial charge in [0.1, 0.15) is 6.33 Å². The summed E-state index contributed by atoms with van der Waals surface area (Å²) < 4.78 is 0. The third kappa shape index (κ3) is 2.84. The largest absolute Gasteiger partial charge is 0.345 e. The zero-order valence-corrected chi connectivity index (χ0v) is 6.59. The molecule has 0 aromatic carbocycles. The Morgan fingerprint density at radius 3 is 3.25 bits per heavy atom. The number of hydrogen-bond donors (Lipinski definition) is 2. The van der Waals surface area contributed by atoms with Crippen LogP contribution in [-0.2, 0) is 4.79 Å². The maximum atomic E-state index is 10.4. The van der Waals surface area contributed by atoms with Crippen LogP contribution in [0.3, 0.4) is 0 Å². The lowest BCUT2D eigenvalue weighted by atomic mass is 10.5. The average Bonchev–Trinajstić information content (AvgIpc) is 2.49. The zero-order valence-electron chi connectivity index (χ0n) is 6.59. The molecule has 1 aromatic heterocycles. The van der Waals surface area contributed by atoms with Crippen molar-refractivity contribution in [2.45, 2.75) is 6.92 Å². The van der Waals surface area contributed by atoms with Gasteiger partial charge in [0.25, 0.3) is 0 Å². The van der Waals surface area contributed by atoms with Crippen LogP contribution in [0, 0.1) is 11.8 Å². The van der Waals surface area contributed by atoms with Gasteiger partial charge in [-0.25, -0.2) is 4.98 Å². The summed E-state index contributed by atoms with van der Waals surface area (Å²) in [6, 6.07) is 0. The number of nitrogens with one attached hydrogen (secondary N) is 2. The second-order valence-electron chi connectivity index (χ2n) is 2.05. The molecule has 1 heterocycles. The van der Waals surface area contributed by atoms with E-state index in [0.29, 0.717) is 12.4 Å². The van der Waals surface area contributed by atoms with Crippen molar-refractivity contribution in [2.75, 3.05) is 6.54 Å². The molecule has 0 aliphatic rings. The second kappa shape index (κ2) is 4.13. The minimum atomic E-state index is -0.0955.